The third-order valence-electron chi connectivity index (χ3n) is 2.18. The molecule has 0 unspecified atom stereocenters. The molecule has 2 aromatic rings. The van der Waals surface area contributed by atoms with Crippen LogP contribution in [0.5, 0.6) is 11.5 Å². The largest absolute Gasteiger partial charge is 0.465 e. The number of carbonyl (C=O) groups is 1. The Kier molecular flexibility index (Phi) is 3.40. The van der Waals surface area contributed by atoms with Gasteiger partial charge < -0.3 is 9.47 Å². The van der Waals surface area contributed by atoms with E-state index in [9.17, 15) is 4.79 Å². The first-order valence-corrected chi connectivity index (χ1v) is 5.12. The van der Waals surface area contributed by atoms with Crippen LogP contribution in [-0.4, -0.2) is 13.1 Å². The molecule has 0 N–H and O–H groups in total. The summed E-state index contributed by atoms with van der Waals surface area (Å²) in [4.78, 5) is 11.3. The number of esters is 1. The van der Waals surface area contributed by atoms with Gasteiger partial charge in [0.1, 0.15) is 11.5 Å². The highest BCUT2D eigenvalue weighted by molar-refractivity contribution is 5.89. The number of methoxy groups -OCH3 is 1. The summed E-state index contributed by atoms with van der Waals surface area (Å²) in [6.07, 6.45) is 0. The van der Waals surface area contributed by atoms with Crippen LogP contribution in [-0.2, 0) is 4.74 Å². The molecular weight excluding hydrogens is 216 g/mol. The van der Waals surface area contributed by atoms with Gasteiger partial charge in [0, 0.05) is 0 Å². The molecule has 0 aliphatic heterocycles. The van der Waals surface area contributed by atoms with E-state index in [0.717, 1.165) is 0 Å². The standard InChI is InChI=1S/C14H11O3/c1-16-14(15)11-6-5-9-13(10-11)17-12-7-3-2-4-8-12/h3-10H,1H3. The number of hydrogen-bond donors (Lipinski definition) is 0. The second-order valence-electron chi connectivity index (χ2n) is 3.36. The van der Waals surface area contributed by atoms with Crippen LogP contribution >= 0.6 is 0 Å². The van der Waals surface area contributed by atoms with Crippen molar-refractivity contribution in [2.45, 2.75) is 0 Å². The van der Waals surface area contributed by atoms with Gasteiger partial charge in [-0.25, -0.2) is 4.79 Å². The summed E-state index contributed by atoms with van der Waals surface area (Å²) in [7, 11) is 1.35. The second-order valence-corrected chi connectivity index (χ2v) is 3.36. The van der Waals surface area contributed by atoms with E-state index in [1.54, 1.807) is 48.5 Å². The lowest BCUT2D eigenvalue weighted by molar-refractivity contribution is 0.0600. The number of rotatable bonds is 3. The van der Waals surface area contributed by atoms with E-state index >= 15 is 0 Å². The molecule has 0 fully saturated rings. The van der Waals surface area contributed by atoms with Gasteiger partial charge >= 0.3 is 5.97 Å². The van der Waals surface area contributed by atoms with Gasteiger partial charge in [-0.15, -0.1) is 0 Å². The summed E-state index contributed by atoms with van der Waals surface area (Å²) < 4.78 is 10.2. The zero-order valence-corrected chi connectivity index (χ0v) is 9.34. The van der Waals surface area contributed by atoms with E-state index in [4.69, 9.17) is 4.74 Å². The maximum absolute atomic E-state index is 11.3. The monoisotopic (exact) mass is 227 g/mol. The second kappa shape index (κ2) is 5.16. The Morgan fingerprint density at radius 3 is 2.59 bits per heavy atom. The normalized spacial score (nSPS) is 9.71. The van der Waals surface area contributed by atoms with E-state index in [2.05, 4.69) is 10.8 Å². The number of benzene rings is 2. The quantitative estimate of drug-likeness (QED) is 0.756. The fraction of sp³-hybridized carbons (Fsp3) is 0.0714. The average molecular weight is 227 g/mol. The predicted molar refractivity (Wildman–Crippen MR) is 63.1 cm³/mol. The van der Waals surface area contributed by atoms with Crippen LogP contribution in [0.2, 0.25) is 0 Å². The molecule has 0 aromatic heterocycles. The highest BCUT2D eigenvalue weighted by Crippen LogP contribution is 2.21. The lowest BCUT2D eigenvalue weighted by Crippen LogP contribution is -2.00. The van der Waals surface area contributed by atoms with Crippen molar-refractivity contribution in [1.29, 1.82) is 0 Å². The van der Waals surface area contributed by atoms with Gasteiger partial charge in [0.25, 0.3) is 0 Å². The molecule has 0 aliphatic rings. The molecule has 0 saturated heterocycles. The summed E-state index contributed by atoms with van der Waals surface area (Å²) in [5.74, 6) is 0.918. The van der Waals surface area contributed by atoms with E-state index in [1.165, 1.54) is 7.11 Å². The number of ether oxygens (including phenoxy) is 2. The number of hydrogen-bond acceptors (Lipinski definition) is 3. The Morgan fingerprint density at radius 1 is 1.12 bits per heavy atom. The van der Waals surface area contributed by atoms with Gasteiger partial charge in [-0.05, 0) is 36.4 Å². The lowest BCUT2D eigenvalue weighted by atomic mass is 10.2. The molecule has 0 heterocycles. The van der Waals surface area contributed by atoms with Crippen LogP contribution in [0, 0.1) is 6.07 Å². The average Bonchev–Trinajstić information content (AvgIpc) is 2.39. The highest BCUT2D eigenvalue weighted by Gasteiger charge is 2.06. The van der Waals surface area contributed by atoms with Gasteiger partial charge in [0.2, 0.25) is 0 Å². The van der Waals surface area contributed by atoms with E-state index in [-0.39, 0.29) is 5.97 Å². The maximum atomic E-state index is 11.3. The van der Waals surface area contributed by atoms with Crippen molar-refractivity contribution < 1.29 is 14.3 Å². The Balaban J connectivity index is 2.20. The highest BCUT2D eigenvalue weighted by atomic mass is 16.5. The summed E-state index contributed by atoms with van der Waals surface area (Å²) in [5.41, 5.74) is 0.465. The molecule has 85 valence electrons. The maximum Gasteiger partial charge on any atom is 0.337 e. The lowest BCUT2D eigenvalue weighted by Gasteiger charge is -2.06. The summed E-state index contributed by atoms with van der Waals surface area (Å²) in [6.45, 7) is 0. The van der Waals surface area contributed by atoms with Crippen molar-refractivity contribution in [3.05, 3.63) is 60.2 Å². The van der Waals surface area contributed by atoms with Crippen LogP contribution < -0.4 is 4.74 Å². The van der Waals surface area contributed by atoms with E-state index in [1.807, 2.05) is 0 Å². The zero-order valence-electron chi connectivity index (χ0n) is 9.34. The van der Waals surface area contributed by atoms with Gasteiger partial charge in [-0.2, -0.15) is 0 Å². The molecule has 0 saturated carbocycles. The van der Waals surface area contributed by atoms with Gasteiger partial charge in [0.05, 0.1) is 12.7 Å². The van der Waals surface area contributed by atoms with Crippen LogP contribution in [0.1, 0.15) is 10.4 Å². The molecule has 0 aliphatic carbocycles. The van der Waals surface area contributed by atoms with Crippen LogP contribution in [0.15, 0.2) is 48.5 Å². The third-order valence-corrected chi connectivity index (χ3v) is 2.18. The van der Waals surface area contributed by atoms with Crippen molar-refractivity contribution in [2.75, 3.05) is 7.11 Å². The Hall–Kier alpha value is -2.29. The van der Waals surface area contributed by atoms with Gasteiger partial charge in [0.15, 0.2) is 0 Å². The predicted octanol–water partition coefficient (Wildman–Crippen LogP) is 3.07. The molecule has 0 bridgehead atoms. The molecule has 0 atom stereocenters. The van der Waals surface area contributed by atoms with E-state index in [0.29, 0.717) is 17.1 Å². The summed E-state index contributed by atoms with van der Waals surface area (Å²) >= 11 is 0. The first kappa shape index (κ1) is 11.2. The molecule has 2 aromatic carbocycles. The minimum Gasteiger partial charge on any atom is -0.465 e. The summed E-state index contributed by atoms with van der Waals surface area (Å²) in [5, 5.41) is 0. The minimum atomic E-state index is -0.378. The Labute approximate surface area is 99.6 Å². The Bertz CT molecular complexity index is 506. The molecule has 2 rings (SSSR count). The smallest absolute Gasteiger partial charge is 0.337 e. The Morgan fingerprint density at radius 2 is 1.88 bits per heavy atom. The first-order chi connectivity index (χ1) is 8.29. The summed E-state index contributed by atoms with van der Waals surface area (Å²) in [6, 6.07) is 16.9. The molecule has 17 heavy (non-hydrogen) atoms. The SMILES string of the molecule is COC(=O)c1cccc(Oc2cc[c]cc2)c1. The molecule has 1 radical (unpaired) electrons. The third kappa shape index (κ3) is 2.84. The molecular formula is C14H11O3. The van der Waals surface area contributed by atoms with Crippen molar-refractivity contribution in [3.8, 4) is 11.5 Å². The fourth-order valence-electron chi connectivity index (χ4n) is 1.38. The van der Waals surface area contributed by atoms with E-state index < -0.39 is 0 Å². The molecule has 3 heteroatoms. The molecule has 0 spiro atoms. The zero-order chi connectivity index (χ0) is 12.1. The van der Waals surface area contributed by atoms with Crippen molar-refractivity contribution in [2.24, 2.45) is 0 Å². The van der Waals surface area contributed by atoms with Gasteiger partial charge in [-0.1, -0.05) is 18.2 Å². The van der Waals surface area contributed by atoms with Crippen molar-refractivity contribution in [3.63, 3.8) is 0 Å². The minimum absolute atomic E-state index is 0.378. The first-order valence-electron chi connectivity index (χ1n) is 5.12. The topological polar surface area (TPSA) is 35.5 Å². The number of carbonyl (C=O) groups excluding carboxylic acids is 1. The van der Waals surface area contributed by atoms with Crippen molar-refractivity contribution >= 4 is 5.97 Å². The van der Waals surface area contributed by atoms with Gasteiger partial charge in [-0.3, -0.25) is 0 Å². The molecule has 0 amide bonds. The van der Waals surface area contributed by atoms with Crippen LogP contribution in [0.3, 0.4) is 0 Å². The van der Waals surface area contributed by atoms with Crippen molar-refractivity contribution in [1.82, 2.24) is 0 Å². The van der Waals surface area contributed by atoms with Crippen LogP contribution in [0.4, 0.5) is 0 Å². The van der Waals surface area contributed by atoms with Crippen LogP contribution in [0.25, 0.3) is 0 Å². The fourth-order valence-corrected chi connectivity index (χ4v) is 1.38. The molecule has 3 nitrogen and oxygen atoms in total.